The SMILES string of the molecule is CC1OC1/C=C/[C@H](O)[C@@H]1C(=O)O[C@@H](C)[C@H]1O. The Kier molecular flexibility index (Phi) is 3.01. The molecule has 0 amide bonds. The highest BCUT2D eigenvalue weighted by Crippen LogP contribution is 2.27. The van der Waals surface area contributed by atoms with E-state index in [1.807, 2.05) is 6.92 Å². The predicted octanol–water partition coefficient (Wildman–Crippen LogP) is -0.387. The molecule has 0 aromatic heterocycles. The first kappa shape index (κ1) is 11.6. The molecule has 90 valence electrons. The molecule has 6 atom stereocenters. The monoisotopic (exact) mass is 228 g/mol. The number of aliphatic hydroxyl groups excluding tert-OH is 2. The summed E-state index contributed by atoms with van der Waals surface area (Å²) in [6.07, 6.45) is 0.842. The van der Waals surface area contributed by atoms with E-state index in [-0.39, 0.29) is 12.2 Å². The van der Waals surface area contributed by atoms with Crippen molar-refractivity contribution in [3.63, 3.8) is 0 Å². The van der Waals surface area contributed by atoms with E-state index in [9.17, 15) is 15.0 Å². The van der Waals surface area contributed by atoms with E-state index in [1.165, 1.54) is 6.08 Å². The summed E-state index contributed by atoms with van der Waals surface area (Å²) in [5, 5.41) is 19.4. The number of hydrogen-bond acceptors (Lipinski definition) is 5. The molecule has 0 saturated carbocycles. The minimum absolute atomic E-state index is 0.0154. The van der Waals surface area contributed by atoms with Crippen LogP contribution < -0.4 is 0 Å². The van der Waals surface area contributed by atoms with Gasteiger partial charge in [-0.25, -0.2) is 0 Å². The lowest BCUT2D eigenvalue weighted by Crippen LogP contribution is -2.33. The highest BCUT2D eigenvalue weighted by Gasteiger charge is 2.45. The number of epoxide rings is 1. The zero-order valence-corrected chi connectivity index (χ0v) is 9.24. The number of aliphatic hydroxyl groups is 2. The maximum atomic E-state index is 11.4. The molecule has 2 rings (SSSR count). The van der Waals surface area contributed by atoms with E-state index >= 15 is 0 Å². The summed E-state index contributed by atoms with van der Waals surface area (Å²) in [7, 11) is 0. The van der Waals surface area contributed by atoms with Crippen molar-refractivity contribution in [3.8, 4) is 0 Å². The Morgan fingerprint density at radius 3 is 2.44 bits per heavy atom. The van der Waals surface area contributed by atoms with Crippen molar-refractivity contribution in [2.75, 3.05) is 0 Å². The summed E-state index contributed by atoms with van der Waals surface area (Å²) in [5.74, 6) is -1.44. The van der Waals surface area contributed by atoms with Crippen LogP contribution in [0.1, 0.15) is 13.8 Å². The van der Waals surface area contributed by atoms with Crippen LogP contribution in [0, 0.1) is 5.92 Å². The van der Waals surface area contributed by atoms with Crippen LogP contribution in [0.2, 0.25) is 0 Å². The van der Waals surface area contributed by atoms with Gasteiger partial charge in [-0.05, 0) is 13.8 Å². The first-order chi connectivity index (χ1) is 7.50. The third-order valence-electron chi connectivity index (χ3n) is 3.05. The zero-order valence-electron chi connectivity index (χ0n) is 9.24. The molecule has 5 heteroatoms. The highest BCUT2D eigenvalue weighted by atomic mass is 16.6. The molecule has 2 fully saturated rings. The molecule has 0 spiro atoms. The molecule has 0 aromatic rings. The molecule has 2 saturated heterocycles. The maximum absolute atomic E-state index is 11.4. The fraction of sp³-hybridized carbons (Fsp3) is 0.727. The number of cyclic esters (lactones) is 1. The van der Waals surface area contributed by atoms with Crippen LogP contribution in [0.15, 0.2) is 12.2 Å². The average Bonchev–Trinajstić information content (AvgIpc) is 2.84. The fourth-order valence-corrected chi connectivity index (χ4v) is 1.85. The Morgan fingerprint density at radius 1 is 1.38 bits per heavy atom. The van der Waals surface area contributed by atoms with Crippen LogP contribution in [0.3, 0.4) is 0 Å². The Hall–Kier alpha value is -0.910. The molecule has 0 bridgehead atoms. The lowest BCUT2D eigenvalue weighted by molar-refractivity contribution is -0.145. The normalized spacial score (nSPS) is 44.8. The van der Waals surface area contributed by atoms with Crippen molar-refractivity contribution in [2.24, 2.45) is 5.92 Å². The smallest absolute Gasteiger partial charge is 0.315 e. The van der Waals surface area contributed by atoms with Gasteiger partial charge in [0, 0.05) is 0 Å². The Balaban J connectivity index is 1.95. The Labute approximate surface area is 93.7 Å². The lowest BCUT2D eigenvalue weighted by Gasteiger charge is -2.14. The highest BCUT2D eigenvalue weighted by molar-refractivity contribution is 5.76. The van der Waals surface area contributed by atoms with Crippen molar-refractivity contribution in [3.05, 3.63) is 12.2 Å². The number of ether oxygens (including phenoxy) is 2. The van der Waals surface area contributed by atoms with E-state index in [2.05, 4.69) is 0 Å². The zero-order chi connectivity index (χ0) is 11.9. The van der Waals surface area contributed by atoms with Crippen molar-refractivity contribution < 1.29 is 24.5 Å². The lowest BCUT2D eigenvalue weighted by atomic mass is 9.95. The van der Waals surface area contributed by atoms with Gasteiger partial charge in [0.15, 0.2) is 0 Å². The van der Waals surface area contributed by atoms with E-state index in [0.717, 1.165) is 0 Å². The molecule has 0 radical (unpaired) electrons. The molecule has 2 aliphatic rings. The molecular weight excluding hydrogens is 212 g/mol. The summed E-state index contributed by atoms with van der Waals surface area (Å²) in [4.78, 5) is 11.4. The van der Waals surface area contributed by atoms with Gasteiger partial charge in [0.05, 0.1) is 12.2 Å². The quantitative estimate of drug-likeness (QED) is 0.391. The van der Waals surface area contributed by atoms with Crippen LogP contribution in [0.4, 0.5) is 0 Å². The Bertz CT molecular complexity index is 313. The van der Waals surface area contributed by atoms with E-state index in [1.54, 1.807) is 13.0 Å². The number of carbonyl (C=O) groups is 1. The average molecular weight is 228 g/mol. The van der Waals surface area contributed by atoms with Crippen LogP contribution in [0.25, 0.3) is 0 Å². The summed E-state index contributed by atoms with van der Waals surface area (Å²) < 4.78 is 9.96. The second kappa shape index (κ2) is 4.16. The van der Waals surface area contributed by atoms with Gasteiger partial charge in [-0.1, -0.05) is 12.2 Å². The minimum atomic E-state index is -1.02. The van der Waals surface area contributed by atoms with Crippen LogP contribution in [-0.2, 0) is 14.3 Å². The van der Waals surface area contributed by atoms with Crippen molar-refractivity contribution in [1.29, 1.82) is 0 Å². The largest absolute Gasteiger partial charge is 0.460 e. The molecule has 0 aliphatic carbocycles. The first-order valence-electron chi connectivity index (χ1n) is 5.41. The summed E-state index contributed by atoms with van der Waals surface area (Å²) in [6.45, 7) is 3.52. The van der Waals surface area contributed by atoms with E-state index < -0.39 is 30.2 Å². The van der Waals surface area contributed by atoms with Gasteiger partial charge in [0.1, 0.15) is 24.2 Å². The minimum Gasteiger partial charge on any atom is -0.460 e. The Morgan fingerprint density at radius 2 is 2.00 bits per heavy atom. The van der Waals surface area contributed by atoms with E-state index in [0.29, 0.717) is 0 Å². The van der Waals surface area contributed by atoms with Gasteiger partial charge >= 0.3 is 5.97 Å². The van der Waals surface area contributed by atoms with Crippen molar-refractivity contribution in [2.45, 2.75) is 44.4 Å². The standard InChI is InChI=1S/C11H16O5/c1-5-8(15-5)4-3-7(12)9-10(13)6(2)16-11(9)14/h3-10,12-13H,1-2H3/b4-3+/t5?,6-,7-,8?,9-,10+/m0/s1. The molecule has 2 aliphatic heterocycles. The molecule has 16 heavy (non-hydrogen) atoms. The third kappa shape index (κ3) is 2.11. The predicted molar refractivity (Wildman–Crippen MR) is 54.5 cm³/mol. The second-order valence-electron chi connectivity index (χ2n) is 4.34. The van der Waals surface area contributed by atoms with Crippen LogP contribution >= 0.6 is 0 Å². The fourth-order valence-electron chi connectivity index (χ4n) is 1.85. The third-order valence-corrected chi connectivity index (χ3v) is 3.05. The first-order valence-corrected chi connectivity index (χ1v) is 5.41. The van der Waals surface area contributed by atoms with Gasteiger partial charge in [-0.3, -0.25) is 4.79 Å². The van der Waals surface area contributed by atoms with Gasteiger partial charge < -0.3 is 19.7 Å². The summed E-state index contributed by atoms with van der Waals surface area (Å²) in [5.41, 5.74) is 0. The summed E-state index contributed by atoms with van der Waals surface area (Å²) >= 11 is 0. The van der Waals surface area contributed by atoms with E-state index in [4.69, 9.17) is 9.47 Å². The van der Waals surface area contributed by atoms with Gasteiger partial charge in [0.2, 0.25) is 0 Å². The van der Waals surface area contributed by atoms with Gasteiger partial charge in [0.25, 0.3) is 0 Å². The maximum Gasteiger partial charge on any atom is 0.315 e. The van der Waals surface area contributed by atoms with Gasteiger partial charge in [-0.15, -0.1) is 0 Å². The molecule has 5 nitrogen and oxygen atoms in total. The summed E-state index contributed by atoms with van der Waals surface area (Å²) in [6, 6.07) is 0. The number of rotatable bonds is 3. The molecule has 0 aromatic carbocycles. The van der Waals surface area contributed by atoms with Crippen molar-refractivity contribution in [1.82, 2.24) is 0 Å². The molecular formula is C11H16O5. The molecule has 2 N–H and O–H groups in total. The van der Waals surface area contributed by atoms with Gasteiger partial charge in [-0.2, -0.15) is 0 Å². The molecule has 2 unspecified atom stereocenters. The van der Waals surface area contributed by atoms with Crippen LogP contribution in [-0.4, -0.2) is 46.7 Å². The number of hydrogen-bond donors (Lipinski definition) is 2. The number of esters is 1. The topological polar surface area (TPSA) is 79.3 Å². The van der Waals surface area contributed by atoms with Crippen molar-refractivity contribution >= 4 is 5.97 Å². The second-order valence-corrected chi connectivity index (χ2v) is 4.34. The number of carbonyl (C=O) groups excluding carboxylic acids is 1. The van der Waals surface area contributed by atoms with Crippen LogP contribution in [0.5, 0.6) is 0 Å². The molecule has 2 heterocycles.